The highest BCUT2D eigenvalue weighted by Gasteiger charge is 2.37. The maximum absolute atomic E-state index is 14.0. The Labute approximate surface area is 349 Å². The number of likely N-dealkylation sites (N-methyl/N-ethyl adjacent to an activating group) is 2. The average molecular weight is 809 g/mol. The fraction of sp³-hybridized carbons (Fsp3) is 0.277. The van der Waals surface area contributed by atoms with Crippen LogP contribution >= 0.6 is 0 Å². The van der Waals surface area contributed by atoms with E-state index in [4.69, 9.17) is 23.9 Å². The zero-order chi connectivity index (χ0) is 41.9. The van der Waals surface area contributed by atoms with Crippen LogP contribution in [0.5, 0.6) is 23.0 Å². The summed E-state index contributed by atoms with van der Waals surface area (Å²) in [4.78, 5) is 48.0. The number of carbonyl (C=O) groups is 3. The van der Waals surface area contributed by atoms with Crippen molar-refractivity contribution in [3.05, 3.63) is 124 Å². The molecule has 2 amide bonds. The Hall–Kier alpha value is -6.86. The van der Waals surface area contributed by atoms with Crippen molar-refractivity contribution in [2.75, 3.05) is 55.3 Å². The van der Waals surface area contributed by atoms with E-state index in [1.54, 1.807) is 39.3 Å². The number of nitrogens with zero attached hydrogens (tertiary/aromatic N) is 3. The van der Waals surface area contributed by atoms with E-state index in [-0.39, 0.29) is 37.1 Å². The number of ether oxygens (including phenoxy) is 4. The van der Waals surface area contributed by atoms with E-state index in [2.05, 4.69) is 39.0 Å². The molecule has 3 aliphatic rings. The van der Waals surface area contributed by atoms with Crippen molar-refractivity contribution < 1.29 is 33.3 Å². The first-order valence-corrected chi connectivity index (χ1v) is 19.9. The Bertz CT molecular complexity index is 2490. The third kappa shape index (κ3) is 7.95. The van der Waals surface area contributed by atoms with Gasteiger partial charge < -0.3 is 44.7 Å². The summed E-state index contributed by atoms with van der Waals surface area (Å²) in [6, 6.07) is 28.3. The van der Waals surface area contributed by atoms with Gasteiger partial charge >= 0.3 is 0 Å². The maximum Gasteiger partial charge on any atom is 0.260 e. The third-order valence-electron chi connectivity index (χ3n) is 11.4. The van der Waals surface area contributed by atoms with Crippen LogP contribution in [0.15, 0.2) is 96.0 Å². The first kappa shape index (κ1) is 39.9. The maximum atomic E-state index is 14.0. The zero-order valence-electron chi connectivity index (χ0n) is 34.3. The molecule has 13 heteroatoms. The monoisotopic (exact) mass is 808 g/mol. The van der Waals surface area contributed by atoms with E-state index < -0.39 is 6.04 Å². The Kier molecular flexibility index (Phi) is 11.4. The van der Waals surface area contributed by atoms with Gasteiger partial charge in [-0.2, -0.15) is 0 Å². The van der Waals surface area contributed by atoms with Crippen LogP contribution in [-0.4, -0.2) is 77.3 Å². The number of carbonyl (C=O) groups excluding carboxylic acids is 3. The minimum atomic E-state index is -0.439. The molecule has 0 saturated heterocycles. The largest absolute Gasteiger partial charge is 0.493 e. The van der Waals surface area contributed by atoms with Gasteiger partial charge in [-0.05, 0) is 91.5 Å². The molecule has 5 aromatic rings. The molecule has 0 spiro atoms. The number of hydrogen-bond donors (Lipinski definition) is 3. The zero-order valence-corrected chi connectivity index (χ0v) is 34.3. The highest BCUT2D eigenvalue weighted by atomic mass is 16.5. The van der Waals surface area contributed by atoms with Crippen molar-refractivity contribution in [2.45, 2.75) is 51.1 Å². The summed E-state index contributed by atoms with van der Waals surface area (Å²) in [7, 11) is 6.82. The van der Waals surface area contributed by atoms with E-state index in [1.807, 2.05) is 72.8 Å². The van der Waals surface area contributed by atoms with E-state index in [1.165, 1.54) is 12.7 Å². The Morgan fingerprint density at radius 1 is 0.867 bits per heavy atom. The van der Waals surface area contributed by atoms with Crippen LogP contribution in [0.2, 0.25) is 0 Å². The number of amides is 2. The lowest BCUT2D eigenvalue weighted by Gasteiger charge is -2.22. The van der Waals surface area contributed by atoms with Crippen LogP contribution in [0.25, 0.3) is 0 Å². The summed E-state index contributed by atoms with van der Waals surface area (Å²) in [6.45, 7) is 2.56. The number of nitrogens with one attached hydrogen (secondary N) is 3. The minimum absolute atomic E-state index is 0.0125. The first-order chi connectivity index (χ1) is 29.2. The van der Waals surface area contributed by atoms with Crippen LogP contribution in [0.3, 0.4) is 0 Å². The molecule has 0 saturated carbocycles. The van der Waals surface area contributed by atoms with Gasteiger partial charge in [0.05, 0.1) is 49.3 Å². The van der Waals surface area contributed by atoms with Crippen LogP contribution in [0.4, 0.5) is 28.4 Å². The van der Waals surface area contributed by atoms with Gasteiger partial charge in [-0.1, -0.05) is 36.4 Å². The van der Waals surface area contributed by atoms with Gasteiger partial charge in [-0.15, -0.1) is 0 Å². The molecule has 3 heterocycles. The lowest BCUT2D eigenvalue weighted by molar-refractivity contribution is -0.117. The summed E-state index contributed by atoms with van der Waals surface area (Å²) in [6.07, 6.45) is 4.20. The molecule has 13 nitrogen and oxygen atoms in total. The lowest BCUT2D eigenvalue weighted by Crippen LogP contribution is -2.39. The van der Waals surface area contributed by atoms with E-state index >= 15 is 0 Å². The molecular weight excluding hydrogens is 761 g/mol. The predicted octanol–water partition coefficient (Wildman–Crippen LogP) is 6.98. The van der Waals surface area contributed by atoms with Crippen LogP contribution < -0.4 is 44.7 Å². The highest BCUT2D eigenvalue weighted by Crippen LogP contribution is 2.41. The minimum Gasteiger partial charge on any atom is -0.493 e. The van der Waals surface area contributed by atoms with Crippen molar-refractivity contribution in [3.8, 4) is 23.0 Å². The number of benzene rings is 5. The summed E-state index contributed by atoms with van der Waals surface area (Å²) >= 11 is 0. The molecule has 3 aliphatic heterocycles. The van der Waals surface area contributed by atoms with Crippen LogP contribution in [0.1, 0.15) is 49.9 Å². The predicted molar refractivity (Wildman–Crippen MR) is 233 cm³/mol. The van der Waals surface area contributed by atoms with E-state index in [9.17, 15) is 14.4 Å². The number of methoxy groups -OCH3 is 2. The SMILES string of the molecule is CNC(C)C(=O)Nc1cc(COc2cc(N=C[C@@H]3Cc4ccccc4N3C)c(C=O)cc2OC)cc(COc2cc3c(cc2OC)C(=O)N2c4ccccc4CC2CN3)c1. The number of anilines is 4. The Morgan fingerprint density at radius 3 is 2.18 bits per heavy atom. The van der Waals surface area contributed by atoms with Crippen molar-refractivity contribution in [2.24, 2.45) is 4.99 Å². The highest BCUT2D eigenvalue weighted by molar-refractivity contribution is 6.12. The van der Waals surface area contributed by atoms with Crippen molar-refractivity contribution in [1.29, 1.82) is 0 Å². The molecule has 0 aliphatic carbocycles. The van der Waals surface area contributed by atoms with Gasteiger partial charge in [-0.3, -0.25) is 19.4 Å². The number of para-hydroxylation sites is 2. The number of aldehydes is 1. The molecular formula is C47H48N6O7. The van der Waals surface area contributed by atoms with Gasteiger partial charge in [0, 0.05) is 54.6 Å². The van der Waals surface area contributed by atoms with Crippen LogP contribution in [-0.2, 0) is 30.8 Å². The summed E-state index contributed by atoms with van der Waals surface area (Å²) in [5, 5.41) is 9.45. The summed E-state index contributed by atoms with van der Waals surface area (Å²) in [5.74, 6) is 1.34. The van der Waals surface area contributed by atoms with Crippen LogP contribution in [0, 0.1) is 0 Å². The van der Waals surface area contributed by atoms with Gasteiger partial charge in [0.1, 0.15) is 13.2 Å². The number of aliphatic imine (C=N–C) groups is 1. The van der Waals surface area contributed by atoms with Gasteiger partial charge in [0.2, 0.25) is 5.91 Å². The average Bonchev–Trinajstić information content (AvgIpc) is 3.77. The molecule has 3 atom stereocenters. The quantitative estimate of drug-likeness (QED) is 0.0795. The normalized spacial score (nSPS) is 16.9. The molecule has 0 radical (unpaired) electrons. The molecule has 60 heavy (non-hydrogen) atoms. The third-order valence-corrected chi connectivity index (χ3v) is 11.4. The van der Waals surface area contributed by atoms with Crippen molar-refractivity contribution in [3.63, 3.8) is 0 Å². The molecule has 308 valence electrons. The second kappa shape index (κ2) is 17.2. The second-order valence-electron chi connectivity index (χ2n) is 15.2. The standard InChI is InChI=1S/C47H48N6O7/c1-28(48-2)46(55)51-34-15-29(26-59-44-21-38(33(25-54)19-42(44)57-4)49-23-35-17-31-10-6-8-12-40(31)52(35)3)14-30(16-34)27-60-45-22-39-37(20-43(45)58-5)47(56)53-36(24-50-39)18-32-11-7-9-13-41(32)53/h6-16,19-23,25,28,35-36,48,50H,17-18,24,26-27H2,1-5H3,(H,51,55)/t28?,35-,36?/m0/s1. The smallest absolute Gasteiger partial charge is 0.260 e. The molecule has 8 rings (SSSR count). The fourth-order valence-electron chi connectivity index (χ4n) is 8.05. The molecule has 5 aromatic carbocycles. The Morgan fingerprint density at radius 2 is 1.52 bits per heavy atom. The molecule has 0 fully saturated rings. The summed E-state index contributed by atoms with van der Waals surface area (Å²) in [5.41, 5.74) is 8.52. The Balaban J connectivity index is 1.03. The van der Waals surface area contributed by atoms with E-state index in [0.717, 1.165) is 47.2 Å². The van der Waals surface area contributed by atoms with Gasteiger partial charge in [0.15, 0.2) is 29.3 Å². The van der Waals surface area contributed by atoms with Gasteiger partial charge in [-0.25, -0.2) is 0 Å². The number of fused-ring (bicyclic) bond motifs is 5. The molecule has 0 aromatic heterocycles. The topological polar surface area (TPSA) is 143 Å². The number of hydrogen-bond acceptors (Lipinski definition) is 11. The van der Waals surface area contributed by atoms with Crippen molar-refractivity contribution >= 4 is 52.8 Å². The molecule has 3 N–H and O–H groups in total. The van der Waals surface area contributed by atoms with Crippen molar-refractivity contribution in [1.82, 2.24) is 5.32 Å². The fourth-order valence-corrected chi connectivity index (χ4v) is 8.05. The lowest BCUT2D eigenvalue weighted by atomic mass is 10.1. The summed E-state index contributed by atoms with van der Waals surface area (Å²) < 4.78 is 24.2. The van der Waals surface area contributed by atoms with E-state index in [0.29, 0.717) is 57.7 Å². The molecule has 2 unspecified atom stereocenters. The molecule has 0 bridgehead atoms. The number of rotatable bonds is 14. The second-order valence-corrected chi connectivity index (χ2v) is 15.2. The van der Waals surface area contributed by atoms with Gasteiger partial charge in [0.25, 0.3) is 5.91 Å². The first-order valence-electron chi connectivity index (χ1n) is 19.9.